The summed E-state index contributed by atoms with van der Waals surface area (Å²) < 4.78 is 18.6. The van der Waals surface area contributed by atoms with Crippen LogP contribution in [-0.4, -0.2) is 13.0 Å². The summed E-state index contributed by atoms with van der Waals surface area (Å²) in [6.45, 7) is 0.352. The van der Waals surface area contributed by atoms with Crippen molar-refractivity contribution in [1.29, 1.82) is 0 Å². The highest BCUT2D eigenvalue weighted by atomic mass is 19.1. The first-order chi connectivity index (χ1) is 10.2. The molecule has 2 aromatic carbocycles. The Balaban J connectivity index is 1.95. The lowest BCUT2D eigenvalue weighted by Crippen LogP contribution is -2.20. The molecule has 0 saturated carbocycles. The molecule has 1 N–H and O–H groups in total. The van der Waals surface area contributed by atoms with E-state index >= 15 is 0 Å². The summed E-state index contributed by atoms with van der Waals surface area (Å²) in [6.07, 6.45) is 2.76. The van der Waals surface area contributed by atoms with Crippen molar-refractivity contribution < 1.29 is 13.9 Å². The molecule has 0 aliphatic rings. The van der Waals surface area contributed by atoms with Crippen LogP contribution in [0.4, 0.5) is 4.39 Å². The Morgan fingerprint density at radius 2 is 1.90 bits per heavy atom. The minimum atomic E-state index is -0.355. The Labute approximate surface area is 123 Å². The first kappa shape index (κ1) is 14.8. The standard InChI is InChI=1S/C17H16FNO2/c1-21-16-9-5-3-7-14(16)12-19-17(20)11-10-13-6-2-4-8-15(13)18/h2-11H,12H2,1H3,(H,19,20)/b11-10+. The van der Waals surface area contributed by atoms with Crippen LogP contribution in [0.2, 0.25) is 0 Å². The monoisotopic (exact) mass is 285 g/mol. The molecule has 1 amide bonds. The molecule has 108 valence electrons. The van der Waals surface area contributed by atoms with Gasteiger partial charge in [0.2, 0.25) is 5.91 Å². The number of halogens is 1. The van der Waals surface area contributed by atoms with Crippen molar-refractivity contribution in [1.82, 2.24) is 5.32 Å². The van der Waals surface area contributed by atoms with Crippen LogP contribution in [0.5, 0.6) is 5.75 Å². The minimum absolute atomic E-state index is 0.288. The molecule has 0 atom stereocenters. The van der Waals surface area contributed by atoms with Crippen LogP contribution < -0.4 is 10.1 Å². The normalized spacial score (nSPS) is 10.6. The third-order valence-electron chi connectivity index (χ3n) is 2.97. The van der Waals surface area contributed by atoms with E-state index in [0.29, 0.717) is 12.1 Å². The summed E-state index contributed by atoms with van der Waals surface area (Å²) >= 11 is 0. The number of benzene rings is 2. The van der Waals surface area contributed by atoms with E-state index in [9.17, 15) is 9.18 Å². The van der Waals surface area contributed by atoms with E-state index in [4.69, 9.17) is 4.74 Å². The van der Waals surface area contributed by atoms with Gasteiger partial charge in [0.25, 0.3) is 0 Å². The first-order valence-corrected chi connectivity index (χ1v) is 6.53. The molecule has 2 aromatic rings. The lowest BCUT2D eigenvalue weighted by atomic mass is 10.2. The number of rotatable bonds is 5. The molecule has 0 fully saturated rings. The summed E-state index contributed by atoms with van der Waals surface area (Å²) in [4.78, 5) is 11.7. The van der Waals surface area contributed by atoms with Gasteiger partial charge >= 0.3 is 0 Å². The fourth-order valence-electron chi connectivity index (χ4n) is 1.87. The maximum Gasteiger partial charge on any atom is 0.244 e. The summed E-state index contributed by atoms with van der Waals surface area (Å²) in [7, 11) is 1.58. The highest BCUT2D eigenvalue weighted by molar-refractivity contribution is 5.91. The third-order valence-corrected chi connectivity index (χ3v) is 2.97. The van der Waals surface area contributed by atoms with E-state index in [1.807, 2.05) is 24.3 Å². The van der Waals surface area contributed by atoms with Gasteiger partial charge in [-0.2, -0.15) is 0 Å². The highest BCUT2D eigenvalue weighted by Crippen LogP contribution is 2.16. The van der Waals surface area contributed by atoms with E-state index in [0.717, 1.165) is 11.3 Å². The van der Waals surface area contributed by atoms with Crippen LogP contribution in [0.15, 0.2) is 54.6 Å². The second kappa shape index (κ2) is 7.24. The van der Waals surface area contributed by atoms with Gasteiger partial charge in [0.1, 0.15) is 11.6 Å². The molecule has 0 unspecified atom stereocenters. The third kappa shape index (κ3) is 4.18. The van der Waals surface area contributed by atoms with Crippen LogP contribution in [-0.2, 0) is 11.3 Å². The molecule has 0 spiro atoms. The largest absolute Gasteiger partial charge is 0.496 e. The van der Waals surface area contributed by atoms with Crippen molar-refractivity contribution in [2.24, 2.45) is 0 Å². The summed E-state index contributed by atoms with van der Waals surface area (Å²) in [5.41, 5.74) is 1.26. The number of methoxy groups -OCH3 is 1. The van der Waals surface area contributed by atoms with E-state index in [1.165, 1.54) is 18.2 Å². The molecule has 0 radical (unpaired) electrons. The molecule has 0 saturated heterocycles. The molecule has 0 aliphatic heterocycles. The zero-order valence-corrected chi connectivity index (χ0v) is 11.7. The van der Waals surface area contributed by atoms with Gasteiger partial charge in [-0.25, -0.2) is 4.39 Å². The Hall–Kier alpha value is -2.62. The van der Waals surface area contributed by atoms with Crippen molar-refractivity contribution in [2.45, 2.75) is 6.54 Å². The predicted molar refractivity (Wildman–Crippen MR) is 80.3 cm³/mol. The molecule has 0 aromatic heterocycles. The Morgan fingerprint density at radius 1 is 1.19 bits per heavy atom. The smallest absolute Gasteiger partial charge is 0.244 e. The zero-order valence-electron chi connectivity index (χ0n) is 11.7. The van der Waals surface area contributed by atoms with Crippen molar-refractivity contribution in [3.63, 3.8) is 0 Å². The predicted octanol–water partition coefficient (Wildman–Crippen LogP) is 3.16. The molecule has 2 rings (SSSR count). The number of amides is 1. The van der Waals surface area contributed by atoms with Crippen LogP contribution in [0.3, 0.4) is 0 Å². The number of ether oxygens (including phenoxy) is 1. The van der Waals surface area contributed by atoms with Gasteiger partial charge in [-0.3, -0.25) is 4.79 Å². The van der Waals surface area contributed by atoms with Crippen LogP contribution in [0.1, 0.15) is 11.1 Å². The Bertz CT molecular complexity index is 653. The van der Waals surface area contributed by atoms with E-state index in [1.54, 1.807) is 25.3 Å². The maximum atomic E-state index is 13.4. The van der Waals surface area contributed by atoms with E-state index in [-0.39, 0.29) is 11.7 Å². The van der Waals surface area contributed by atoms with Gasteiger partial charge in [-0.15, -0.1) is 0 Å². The average molecular weight is 285 g/mol. The summed E-state index contributed by atoms with van der Waals surface area (Å²) in [5, 5.41) is 2.74. The quantitative estimate of drug-likeness (QED) is 0.857. The molecule has 21 heavy (non-hydrogen) atoms. The topological polar surface area (TPSA) is 38.3 Å². The number of nitrogens with one attached hydrogen (secondary N) is 1. The van der Waals surface area contributed by atoms with E-state index in [2.05, 4.69) is 5.32 Å². The first-order valence-electron chi connectivity index (χ1n) is 6.53. The molecular weight excluding hydrogens is 269 g/mol. The van der Waals surface area contributed by atoms with Crippen LogP contribution >= 0.6 is 0 Å². The number of hydrogen-bond acceptors (Lipinski definition) is 2. The Morgan fingerprint density at radius 3 is 2.67 bits per heavy atom. The van der Waals surface area contributed by atoms with Gasteiger partial charge in [0.15, 0.2) is 0 Å². The fraction of sp³-hybridized carbons (Fsp3) is 0.118. The summed E-state index contributed by atoms with van der Waals surface area (Å²) in [5.74, 6) is 0.0753. The molecule has 3 nitrogen and oxygen atoms in total. The molecule has 0 aliphatic carbocycles. The Kier molecular flexibility index (Phi) is 5.10. The van der Waals surface area contributed by atoms with Crippen LogP contribution in [0.25, 0.3) is 6.08 Å². The number of para-hydroxylation sites is 1. The van der Waals surface area contributed by atoms with Crippen molar-refractivity contribution >= 4 is 12.0 Å². The van der Waals surface area contributed by atoms with Gasteiger partial charge in [0, 0.05) is 23.7 Å². The van der Waals surface area contributed by atoms with Crippen LogP contribution in [0, 0.1) is 5.82 Å². The lowest BCUT2D eigenvalue weighted by molar-refractivity contribution is -0.116. The van der Waals surface area contributed by atoms with Crippen molar-refractivity contribution in [3.8, 4) is 5.75 Å². The van der Waals surface area contributed by atoms with Crippen molar-refractivity contribution in [3.05, 3.63) is 71.6 Å². The van der Waals surface area contributed by atoms with Gasteiger partial charge in [-0.1, -0.05) is 36.4 Å². The molecule has 0 bridgehead atoms. The average Bonchev–Trinajstić information content (AvgIpc) is 2.52. The molecule has 4 heteroatoms. The zero-order chi connectivity index (χ0) is 15.1. The van der Waals surface area contributed by atoms with E-state index < -0.39 is 0 Å². The van der Waals surface area contributed by atoms with Gasteiger partial charge < -0.3 is 10.1 Å². The number of carbonyl (C=O) groups is 1. The van der Waals surface area contributed by atoms with Gasteiger partial charge in [0.05, 0.1) is 7.11 Å². The fourth-order valence-corrected chi connectivity index (χ4v) is 1.87. The second-order valence-corrected chi connectivity index (χ2v) is 4.38. The highest BCUT2D eigenvalue weighted by Gasteiger charge is 2.03. The lowest BCUT2D eigenvalue weighted by Gasteiger charge is -2.08. The SMILES string of the molecule is COc1ccccc1CNC(=O)/C=C/c1ccccc1F. The molecule has 0 heterocycles. The molecular formula is C17H16FNO2. The second-order valence-electron chi connectivity index (χ2n) is 4.38. The maximum absolute atomic E-state index is 13.4. The minimum Gasteiger partial charge on any atom is -0.496 e. The number of carbonyl (C=O) groups excluding carboxylic acids is 1. The van der Waals surface area contributed by atoms with Crippen molar-refractivity contribution in [2.75, 3.05) is 7.11 Å². The number of hydrogen-bond donors (Lipinski definition) is 1. The van der Waals surface area contributed by atoms with Gasteiger partial charge in [-0.05, 0) is 18.2 Å². The summed E-state index contributed by atoms with van der Waals surface area (Å²) in [6, 6.07) is 13.7.